The second-order valence-electron chi connectivity index (χ2n) is 3.82. The van der Waals surface area contributed by atoms with Gasteiger partial charge < -0.3 is 20.1 Å². The summed E-state index contributed by atoms with van der Waals surface area (Å²) in [4.78, 5) is 4.17. The number of aliphatic hydroxyl groups excluding tert-OH is 1. The third kappa shape index (κ3) is 2.17. The number of nitrogens with zero attached hydrogens (tertiary/aromatic N) is 2. The number of aromatic nitrogens is 2. The summed E-state index contributed by atoms with van der Waals surface area (Å²) in [6.07, 6.45) is 0.209. The zero-order chi connectivity index (χ0) is 10.8. The van der Waals surface area contributed by atoms with Gasteiger partial charge in [-0.15, -0.1) is 0 Å². The summed E-state index contributed by atoms with van der Waals surface area (Å²) >= 11 is 0. The molecule has 6 heteroatoms. The molecule has 2 heterocycles. The Bertz CT molecular complexity index is 304. The molecule has 0 spiro atoms. The molecule has 0 radical (unpaired) electrons. The summed E-state index contributed by atoms with van der Waals surface area (Å²) in [5.41, 5.74) is 5.67. The lowest BCUT2D eigenvalue weighted by Crippen LogP contribution is -2.23. The third-order valence-corrected chi connectivity index (χ3v) is 2.56. The molecule has 3 atom stereocenters. The van der Waals surface area contributed by atoms with E-state index in [1.165, 1.54) is 0 Å². The van der Waals surface area contributed by atoms with Crippen molar-refractivity contribution in [3.05, 3.63) is 11.7 Å². The van der Waals surface area contributed by atoms with Gasteiger partial charge in [-0.1, -0.05) is 5.16 Å². The van der Waals surface area contributed by atoms with Crippen LogP contribution in [0.1, 0.15) is 37.0 Å². The van der Waals surface area contributed by atoms with Gasteiger partial charge in [-0.2, -0.15) is 4.98 Å². The maximum atomic E-state index is 9.27. The van der Waals surface area contributed by atoms with Gasteiger partial charge in [0.1, 0.15) is 6.04 Å². The van der Waals surface area contributed by atoms with Crippen molar-refractivity contribution in [3.63, 3.8) is 0 Å². The molecule has 1 unspecified atom stereocenters. The molecule has 3 N–H and O–H groups in total. The van der Waals surface area contributed by atoms with Crippen LogP contribution in [0.15, 0.2) is 4.52 Å². The Morgan fingerprint density at radius 2 is 2.40 bits per heavy atom. The molecule has 84 valence electrons. The highest BCUT2D eigenvalue weighted by molar-refractivity contribution is 5.00. The fourth-order valence-electron chi connectivity index (χ4n) is 1.49. The Kier molecular flexibility index (Phi) is 2.99. The number of aliphatic hydroxyl groups is 1. The predicted octanol–water partition coefficient (Wildman–Crippen LogP) is -0.0459. The van der Waals surface area contributed by atoms with Crippen LogP contribution >= 0.6 is 0 Å². The number of nitrogens with two attached hydrogens (primary N) is 1. The van der Waals surface area contributed by atoms with Crippen LogP contribution in [-0.4, -0.2) is 34.6 Å². The van der Waals surface area contributed by atoms with E-state index in [0.717, 1.165) is 13.0 Å². The Balaban J connectivity index is 2.09. The Morgan fingerprint density at radius 1 is 1.60 bits per heavy atom. The zero-order valence-electron chi connectivity index (χ0n) is 8.59. The van der Waals surface area contributed by atoms with Crippen LogP contribution in [0.4, 0.5) is 0 Å². The van der Waals surface area contributed by atoms with Crippen molar-refractivity contribution in [2.75, 3.05) is 13.2 Å². The average molecular weight is 213 g/mol. The van der Waals surface area contributed by atoms with Crippen molar-refractivity contribution in [3.8, 4) is 0 Å². The molecule has 15 heavy (non-hydrogen) atoms. The highest BCUT2D eigenvalue weighted by atomic mass is 16.5. The van der Waals surface area contributed by atoms with Crippen molar-refractivity contribution in [1.82, 2.24) is 10.1 Å². The standard InChI is InChI=1S/C9H15N3O3/c1-5(13)7(10)9-11-8(12-15-9)6-2-3-14-4-6/h5-7,13H,2-4,10H2,1H3/t5-,6?,7+/m1/s1. The first-order valence-electron chi connectivity index (χ1n) is 5.03. The highest BCUT2D eigenvalue weighted by Gasteiger charge is 2.25. The van der Waals surface area contributed by atoms with Gasteiger partial charge in [-0.3, -0.25) is 0 Å². The summed E-state index contributed by atoms with van der Waals surface area (Å²) < 4.78 is 10.2. The smallest absolute Gasteiger partial charge is 0.246 e. The first kappa shape index (κ1) is 10.5. The Labute approximate surface area is 87.4 Å². The summed E-state index contributed by atoms with van der Waals surface area (Å²) in [5, 5.41) is 13.1. The summed E-state index contributed by atoms with van der Waals surface area (Å²) in [6.45, 7) is 2.95. The van der Waals surface area contributed by atoms with E-state index in [4.69, 9.17) is 15.0 Å². The fourth-order valence-corrected chi connectivity index (χ4v) is 1.49. The van der Waals surface area contributed by atoms with Crippen molar-refractivity contribution >= 4 is 0 Å². The van der Waals surface area contributed by atoms with Crippen molar-refractivity contribution in [1.29, 1.82) is 0 Å². The van der Waals surface area contributed by atoms with Gasteiger partial charge in [0.15, 0.2) is 5.82 Å². The van der Waals surface area contributed by atoms with E-state index in [1.807, 2.05) is 0 Å². The third-order valence-electron chi connectivity index (χ3n) is 2.56. The molecular formula is C9H15N3O3. The van der Waals surface area contributed by atoms with Gasteiger partial charge in [0.25, 0.3) is 0 Å². The van der Waals surface area contributed by atoms with Crippen LogP contribution in [0, 0.1) is 0 Å². The first-order chi connectivity index (χ1) is 7.18. The van der Waals surface area contributed by atoms with Gasteiger partial charge in [-0.25, -0.2) is 0 Å². The molecule has 1 aliphatic heterocycles. The maximum Gasteiger partial charge on any atom is 0.246 e. The lowest BCUT2D eigenvalue weighted by molar-refractivity contribution is 0.146. The summed E-state index contributed by atoms with van der Waals surface area (Å²) in [5.74, 6) is 1.11. The number of hydrogen-bond acceptors (Lipinski definition) is 6. The second-order valence-corrected chi connectivity index (χ2v) is 3.82. The molecule has 1 saturated heterocycles. The number of ether oxygens (including phenoxy) is 1. The molecule has 0 aromatic carbocycles. The van der Waals surface area contributed by atoms with Crippen LogP contribution in [-0.2, 0) is 4.74 Å². The average Bonchev–Trinajstić information content (AvgIpc) is 2.86. The molecule has 1 fully saturated rings. The normalized spacial score (nSPS) is 25.4. The molecule has 1 aromatic rings. The van der Waals surface area contributed by atoms with E-state index in [1.54, 1.807) is 6.92 Å². The molecule has 1 aromatic heterocycles. The lowest BCUT2D eigenvalue weighted by atomic mass is 10.1. The quantitative estimate of drug-likeness (QED) is 0.731. The van der Waals surface area contributed by atoms with E-state index < -0.39 is 12.1 Å². The molecule has 2 rings (SSSR count). The van der Waals surface area contributed by atoms with Crippen LogP contribution < -0.4 is 5.73 Å². The monoisotopic (exact) mass is 213 g/mol. The molecule has 6 nitrogen and oxygen atoms in total. The molecular weight excluding hydrogens is 198 g/mol. The minimum atomic E-state index is -0.696. The number of rotatable bonds is 3. The SMILES string of the molecule is C[C@@H](O)[C@H](N)c1nc(C2CCOC2)no1. The molecule has 0 amide bonds. The van der Waals surface area contributed by atoms with E-state index in [0.29, 0.717) is 12.4 Å². The summed E-state index contributed by atoms with van der Waals surface area (Å²) in [7, 11) is 0. The maximum absolute atomic E-state index is 9.27. The van der Waals surface area contributed by atoms with Crippen LogP contribution in [0.5, 0.6) is 0 Å². The van der Waals surface area contributed by atoms with Crippen molar-refractivity contribution in [2.45, 2.75) is 31.4 Å². The van der Waals surface area contributed by atoms with E-state index in [2.05, 4.69) is 10.1 Å². The molecule has 0 bridgehead atoms. The Hall–Kier alpha value is -0.980. The molecule has 0 aliphatic carbocycles. The largest absolute Gasteiger partial charge is 0.391 e. The van der Waals surface area contributed by atoms with Gasteiger partial charge in [-0.05, 0) is 13.3 Å². The van der Waals surface area contributed by atoms with Gasteiger partial charge in [0.2, 0.25) is 5.89 Å². The van der Waals surface area contributed by atoms with E-state index >= 15 is 0 Å². The lowest BCUT2D eigenvalue weighted by Gasteiger charge is -2.08. The minimum Gasteiger partial charge on any atom is -0.391 e. The van der Waals surface area contributed by atoms with E-state index in [9.17, 15) is 5.11 Å². The predicted molar refractivity (Wildman–Crippen MR) is 51.1 cm³/mol. The van der Waals surface area contributed by atoms with Crippen LogP contribution in [0.25, 0.3) is 0 Å². The second kappa shape index (κ2) is 4.26. The Morgan fingerprint density at radius 3 is 3.00 bits per heavy atom. The van der Waals surface area contributed by atoms with Gasteiger partial charge in [0, 0.05) is 12.5 Å². The van der Waals surface area contributed by atoms with Gasteiger partial charge in [0.05, 0.1) is 12.7 Å². The van der Waals surface area contributed by atoms with Crippen molar-refractivity contribution in [2.24, 2.45) is 5.73 Å². The fraction of sp³-hybridized carbons (Fsp3) is 0.778. The molecule has 1 aliphatic rings. The number of hydrogen-bond donors (Lipinski definition) is 2. The molecule has 0 saturated carbocycles. The topological polar surface area (TPSA) is 94.4 Å². The van der Waals surface area contributed by atoms with Gasteiger partial charge >= 0.3 is 0 Å². The minimum absolute atomic E-state index is 0.198. The van der Waals surface area contributed by atoms with E-state index in [-0.39, 0.29) is 11.8 Å². The van der Waals surface area contributed by atoms with Crippen molar-refractivity contribution < 1.29 is 14.4 Å². The first-order valence-corrected chi connectivity index (χ1v) is 5.03. The van der Waals surface area contributed by atoms with Crippen LogP contribution in [0.2, 0.25) is 0 Å². The van der Waals surface area contributed by atoms with Crippen LogP contribution in [0.3, 0.4) is 0 Å². The summed E-state index contributed by atoms with van der Waals surface area (Å²) in [6, 6.07) is -0.617. The zero-order valence-corrected chi connectivity index (χ0v) is 8.59. The highest BCUT2D eigenvalue weighted by Crippen LogP contribution is 2.23.